The van der Waals surface area contributed by atoms with Crippen molar-refractivity contribution in [1.82, 2.24) is 0 Å². The normalized spacial score (nSPS) is 19.2. The fourth-order valence-corrected chi connectivity index (χ4v) is 2.71. The fourth-order valence-electron chi connectivity index (χ4n) is 1.65. The van der Waals surface area contributed by atoms with Crippen LogP contribution in [0.15, 0.2) is 17.0 Å². The molecule has 4 nitrogen and oxygen atoms in total. The lowest BCUT2D eigenvalue weighted by Gasteiger charge is -2.26. The molecular formula is C11H13NO3S. The molecule has 0 amide bonds. The van der Waals surface area contributed by atoms with Crippen LogP contribution in [0.3, 0.4) is 0 Å². The van der Waals surface area contributed by atoms with Crippen LogP contribution in [0.2, 0.25) is 0 Å². The van der Waals surface area contributed by atoms with E-state index >= 15 is 0 Å². The van der Waals surface area contributed by atoms with Gasteiger partial charge < -0.3 is 19.9 Å². The molecule has 2 aliphatic heterocycles. The lowest BCUT2D eigenvalue weighted by molar-refractivity contribution is 0.0455. The van der Waals surface area contributed by atoms with Crippen LogP contribution in [0.25, 0.3) is 0 Å². The molecule has 3 rings (SSSR count). The summed E-state index contributed by atoms with van der Waals surface area (Å²) in [7, 11) is 0. The molecule has 0 aromatic heterocycles. The zero-order valence-corrected chi connectivity index (χ0v) is 9.59. The predicted molar refractivity (Wildman–Crippen MR) is 62.3 cm³/mol. The summed E-state index contributed by atoms with van der Waals surface area (Å²) < 4.78 is 16.1. The average Bonchev–Trinajstić information content (AvgIpc) is 2.23. The average molecular weight is 239 g/mol. The van der Waals surface area contributed by atoms with Crippen molar-refractivity contribution < 1.29 is 14.2 Å². The highest BCUT2D eigenvalue weighted by atomic mass is 32.2. The highest BCUT2D eigenvalue weighted by Crippen LogP contribution is 2.40. The maximum absolute atomic E-state index is 5.97. The molecule has 1 saturated heterocycles. The summed E-state index contributed by atoms with van der Waals surface area (Å²) in [6.45, 7) is 2.81. The van der Waals surface area contributed by atoms with Gasteiger partial charge in [0.1, 0.15) is 13.2 Å². The molecule has 0 spiro atoms. The summed E-state index contributed by atoms with van der Waals surface area (Å²) >= 11 is 1.74. The summed E-state index contributed by atoms with van der Waals surface area (Å²) in [6, 6.07) is 3.81. The molecule has 1 aromatic carbocycles. The Hall–Kier alpha value is -1.07. The fraction of sp³-hybridized carbons (Fsp3) is 0.455. The van der Waals surface area contributed by atoms with E-state index in [9.17, 15) is 0 Å². The second-order valence-electron chi connectivity index (χ2n) is 3.81. The molecule has 0 bridgehead atoms. The van der Waals surface area contributed by atoms with Crippen LogP contribution < -0.4 is 15.2 Å². The van der Waals surface area contributed by atoms with Gasteiger partial charge in [-0.2, -0.15) is 0 Å². The first-order valence-corrected chi connectivity index (χ1v) is 6.14. The molecule has 0 saturated carbocycles. The van der Waals surface area contributed by atoms with Gasteiger partial charge >= 0.3 is 0 Å². The Kier molecular flexibility index (Phi) is 2.57. The molecule has 2 aliphatic rings. The second kappa shape index (κ2) is 4.07. The first-order valence-electron chi connectivity index (χ1n) is 5.26. The number of benzene rings is 1. The molecule has 2 N–H and O–H groups in total. The van der Waals surface area contributed by atoms with Gasteiger partial charge in [0.25, 0.3) is 0 Å². The first-order chi connectivity index (χ1) is 7.83. The summed E-state index contributed by atoms with van der Waals surface area (Å²) in [6.07, 6.45) is 0. The van der Waals surface area contributed by atoms with E-state index in [1.165, 1.54) is 0 Å². The summed E-state index contributed by atoms with van der Waals surface area (Å²) in [5.41, 5.74) is 6.73. The predicted octanol–water partition coefficient (Wildman–Crippen LogP) is 1.53. The van der Waals surface area contributed by atoms with Crippen LogP contribution in [0.5, 0.6) is 11.5 Å². The number of rotatable bonds is 2. The Morgan fingerprint density at radius 1 is 1.12 bits per heavy atom. The third-order valence-electron chi connectivity index (χ3n) is 2.58. The summed E-state index contributed by atoms with van der Waals surface area (Å²) in [5.74, 6) is 1.54. The molecular weight excluding hydrogens is 226 g/mol. The molecule has 1 aromatic rings. The van der Waals surface area contributed by atoms with E-state index in [0.717, 1.165) is 35.3 Å². The molecule has 0 aliphatic carbocycles. The monoisotopic (exact) mass is 239 g/mol. The highest BCUT2D eigenvalue weighted by Gasteiger charge is 2.22. The highest BCUT2D eigenvalue weighted by molar-refractivity contribution is 8.00. The van der Waals surface area contributed by atoms with Gasteiger partial charge in [-0.3, -0.25) is 0 Å². The number of anilines is 1. The van der Waals surface area contributed by atoms with Gasteiger partial charge in [0.15, 0.2) is 11.5 Å². The zero-order chi connectivity index (χ0) is 11.0. The Morgan fingerprint density at radius 3 is 2.44 bits per heavy atom. The van der Waals surface area contributed by atoms with E-state index in [-0.39, 0.29) is 0 Å². The van der Waals surface area contributed by atoms with Crippen molar-refractivity contribution in [1.29, 1.82) is 0 Å². The maximum Gasteiger partial charge on any atom is 0.163 e. The topological polar surface area (TPSA) is 53.7 Å². The standard InChI is InChI=1S/C11H13NO3S/c12-8-3-9-10(15-2-1-14-9)4-11(8)16-7-5-13-6-7/h3-4,7H,1-2,5-6,12H2. The van der Waals surface area contributed by atoms with Gasteiger partial charge in [-0.25, -0.2) is 0 Å². The van der Waals surface area contributed by atoms with E-state index in [2.05, 4.69) is 0 Å². The van der Waals surface area contributed by atoms with Crippen molar-refractivity contribution in [3.63, 3.8) is 0 Å². The summed E-state index contributed by atoms with van der Waals surface area (Å²) in [4.78, 5) is 1.05. The quantitative estimate of drug-likeness (QED) is 0.793. The van der Waals surface area contributed by atoms with E-state index < -0.39 is 0 Å². The Labute approximate surface area is 98.0 Å². The van der Waals surface area contributed by atoms with Crippen molar-refractivity contribution in [2.45, 2.75) is 10.1 Å². The molecule has 1 fully saturated rings. The van der Waals surface area contributed by atoms with Crippen LogP contribution in [-0.4, -0.2) is 31.7 Å². The van der Waals surface area contributed by atoms with E-state index in [4.69, 9.17) is 19.9 Å². The van der Waals surface area contributed by atoms with Crippen molar-refractivity contribution in [3.05, 3.63) is 12.1 Å². The first kappa shape index (κ1) is 10.1. The minimum atomic E-state index is 0.518. The Balaban J connectivity index is 1.86. The van der Waals surface area contributed by atoms with Gasteiger partial charge in [-0.1, -0.05) is 0 Å². The number of thioether (sulfide) groups is 1. The van der Waals surface area contributed by atoms with Crippen molar-refractivity contribution in [3.8, 4) is 11.5 Å². The number of hydrogen-bond acceptors (Lipinski definition) is 5. The van der Waals surface area contributed by atoms with E-state index in [1.54, 1.807) is 11.8 Å². The molecule has 86 valence electrons. The van der Waals surface area contributed by atoms with Gasteiger partial charge in [0, 0.05) is 16.6 Å². The smallest absolute Gasteiger partial charge is 0.163 e. The van der Waals surface area contributed by atoms with Crippen LogP contribution >= 0.6 is 11.8 Å². The number of hydrogen-bond donors (Lipinski definition) is 1. The summed E-state index contributed by atoms with van der Waals surface area (Å²) in [5, 5.41) is 0.518. The molecule has 16 heavy (non-hydrogen) atoms. The third kappa shape index (κ3) is 1.81. The van der Waals surface area contributed by atoms with Gasteiger partial charge in [-0.05, 0) is 6.07 Å². The van der Waals surface area contributed by atoms with E-state index in [1.807, 2.05) is 12.1 Å². The minimum Gasteiger partial charge on any atom is -0.486 e. The Bertz CT molecular complexity index is 406. The van der Waals surface area contributed by atoms with Gasteiger partial charge in [-0.15, -0.1) is 11.8 Å². The molecule has 0 radical (unpaired) electrons. The number of nitrogen functional groups attached to an aromatic ring is 1. The maximum atomic E-state index is 5.97. The molecule has 0 unspecified atom stereocenters. The molecule has 2 heterocycles. The molecule has 0 atom stereocenters. The van der Waals surface area contributed by atoms with Gasteiger partial charge in [0.2, 0.25) is 0 Å². The molecule has 5 heteroatoms. The minimum absolute atomic E-state index is 0.518. The lowest BCUT2D eigenvalue weighted by atomic mass is 10.2. The van der Waals surface area contributed by atoms with E-state index in [0.29, 0.717) is 18.5 Å². The van der Waals surface area contributed by atoms with Crippen LogP contribution in [0.4, 0.5) is 5.69 Å². The van der Waals surface area contributed by atoms with Gasteiger partial charge in [0.05, 0.1) is 18.5 Å². The van der Waals surface area contributed by atoms with Crippen molar-refractivity contribution in [2.24, 2.45) is 0 Å². The zero-order valence-electron chi connectivity index (χ0n) is 8.77. The van der Waals surface area contributed by atoms with Crippen molar-refractivity contribution in [2.75, 3.05) is 32.2 Å². The lowest BCUT2D eigenvalue weighted by Crippen LogP contribution is -2.30. The second-order valence-corrected chi connectivity index (χ2v) is 5.15. The van der Waals surface area contributed by atoms with Crippen LogP contribution in [-0.2, 0) is 4.74 Å². The van der Waals surface area contributed by atoms with Crippen LogP contribution in [0, 0.1) is 0 Å². The third-order valence-corrected chi connectivity index (χ3v) is 3.79. The van der Waals surface area contributed by atoms with Crippen molar-refractivity contribution >= 4 is 17.4 Å². The SMILES string of the molecule is Nc1cc2c(cc1SC1COC1)OCCO2. The largest absolute Gasteiger partial charge is 0.486 e. The number of fused-ring (bicyclic) bond motifs is 1. The Morgan fingerprint density at radius 2 is 1.81 bits per heavy atom. The number of nitrogens with two attached hydrogens (primary N) is 1. The number of ether oxygens (including phenoxy) is 3. The van der Waals surface area contributed by atoms with Crippen LogP contribution in [0.1, 0.15) is 0 Å².